The molecule has 4 rings (SSSR count). The zero-order valence-electron chi connectivity index (χ0n) is 22.1. The molecular formula is C30H39N5O2. The molecule has 1 fully saturated rings. The summed E-state index contributed by atoms with van der Waals surface area (Å²) in [5.74, 6) is 0.969. The summed E-state index contributed by atoms with van der Waals surface area (Å²) in [7, 11) is 0. The molecule has 2 aromatic carbocycles. The van der Waals surface area contributed by atoms with E-state index in [-0.39, 0.29) is 11.8 Å². The van der Waals surface area contributed by atoms with Crippen molar-refractivity contribution in [2.75, 3.05) is 38.0 Å². The van der Waals surface area contributed by atoms with Gasteiger partial charge in [0.1, 0.15) is 5.84 Å². The summed E-state index contributed by atoms with van der Waals surface area (Å²) in [4.78, 5) is 34.9. The lowest BCUT2D eigenvalue weighted by atomic mass is 9.96. The van der Waals surface area contributed by atoms with Gasteiger partial charge in [-0.2, -0.15) is 0 Å². The normalized spacial score (nSPS) is 15.8. The number of likely N-dealkylation sites (tertiary alicyclic amines) is 1. The molecule has 0 atom stereocenters. The minimum atomic E-state index is 0.0134. The molecule has 2 aliphatic heterocycles. The number of para-hydroxylation sites is 1. The molecule has 0 radical (unpaired) electrons. The molecule has 0 aliphatic carbocycles. The average molecular weight is 502 g/mol. The second-order valence-electron chi connectivity index (χ2n) is 10.00. The number of hydrogen-bond donors (Lipinski definition) is 2. The molecule has 0 unspecified atom stereocenters. The summed E-state index contributed by atoms with van der Waals surface area (Å²) in [5.41, 5.74) is 10.1. The van der Waals surface area contributed by atoms with Crippen molar-refractivity contribution in [3.63, 3.8) is 0 Å². The molecule has 0 spiro atoms. The zero-order valence-corrected chi connectivity index (χ0v) is 22.1. The summed E-state index contributed by atoms with van der Waals surface area (Å²) < 4.78 is 0. The number of benzene rings is 2. The molecule has 3 N–H and O–H groups in total. The van der Waals surface area contributed by atoms with Crippen LogP contribution in [0.4, 0.5) is 11.4 Å². The molecule has 0 bridgehead atoms. The van der Waals surface area contributed by atoms with E-state index in [0.29, 0.717) is 35.0 Å². The van der Waals surface area contributed by atoms with E-state index in [1.54, 1.807) is 0 Å². The number of amides is 2. The third kappa shape index (κ3) is 6.79. The first-order chi connectivity index (χ1) is 18.0. The second-order valence-corrected chi connectivity index (χ2v) is 10.00. The predicted molar refractivity (Wildman–Crippen MR) is 151 cm³/mol. The van der Waals surface area contributed by atoms with Crippen LogP contribution in [0.15, 0.2) is 59.1 Å². The Balaban J connectivity index is 1.41. The monoisotopic (exact) mass is 501 g/mol. The fourth-order valence-corrected chi connectivity index (χ4v) is 5.06. The molecule has 7 heteroatoms. The Morgan fingerprint density at radius 3 is 2.43 bits per heavy atom. The van der Waals surface area contributed by atoms with Crippen LogP contribution in [0.5, 0.6) is 0 Å². The molecule has 0 aromatic heterocycles. The summed E-state index contributed by atoms with van der Waals surface area (Å²) in [6, 6.07) is 15.8. The topological polar surface area (TPSA) is 91.0 Å². The van der Waals surface area contributed by atoms with Crippen molar-refractivity contribution >= 4 is 35.1 Å². The van der Waals surface area contributed by atoms with Crippen LogP contribution in [0.25, 0.3) is 6.08 Å². The number of aliphatic imine (C=N–C) groups is 1. The van der Waals surface area contributed by atoms with Crippen LogP contribution in [0.2, 0.25) is 0 Å². The maximum Gasteiger partial charge on any atom is 0.253 e. The van der Waals surface area contributed by atoms with Gasteiger partial charge in [0.25, 0.3) is 5.91 Å². The van der Waals surface area contributed by atoms with E-state index in [2.05, 4.69) is 36.3 Å². The van der Waals surface area contributed by atoms with Crippen LogP contribution in [0.1, 0.15) is 61.9 Å². The SMILES string of the molecule is CCCN(CCC)C(=O)C1=Cc2ccc(C(=O)N3CCC(CNc4ccccc4)CC3)cc2N=C(N)C1. The number of rotatable bonds is 9. The molecule has 2 aliphatic rings. The molecule has 2 heterocycles. The van der Waals surface area contributed by atoms with Gasteiger partial charge < -0.3 is 20.9 Å². The van der Waals surface area contributed by atoms with Crippen LogP contribution in [0, 0.1) is 5.92 Å². The van der Waals surface area contributed by atoms with Gasteiger partial charge in [0, 0.05) is 61.5 Å². The van der Waals surface area contributed by atoms with Crippen LogP contribution in [-0.4, -0.2) is 60.2 Å². The molecule has 7 nitrogen and oxygen atoms in total. The first-order valence-corrected chi connectivity index (χ1v) is 13.5. The van der Waals surface area contributed by atoms with Crippen LogP contribution in [0.3, 0.4) is 0 Å². The van der Waals surface area contributed by atoms with Gasteiger partial charge in [0.2, 0.25) is 5.91 Å². The van der Waals surface area contributed by atoms with Crippen molar-refractivity contribution < 1.29 is 9.59 Å². The fraction of sp³-hybridized carbons (Fsp3) is 0.433. The van der Waals surface area contributed by atoms with Crippen molar-refractivity contribution in [1.82, 2.24) is 9.80 Å². The van der Waals surface area contributed by atoms with Crippen molar-refractivity contribution in [2.24, 2.45) is 16.6 Å². The lowest BCUT2D eigenvalue weighted by Gasteiger charge is -2.32. The number of amidine groups is 1. The van der Waals surface area contributed by atoms with Crippen LogP contribution >= 0.6 is 0 Å². The third-order valence-electron chi connectivity index (χ3n) is 7.06. The van der Waals surface area contributed by atoms with Crippen LogP contribution in [-0.2, 0) is 4.79 Å². The molecule has 2 aromatic rings. The first kappa shape index (κ1) is 26.5. The Labute approximate surface area is 220 Å². The highest BCUT2D eigenvalue weighted by Crippen LogP contribution is 2.29. The Bertz CT molecular complexity index is 1140. The second kappa shape index (κ2) is 12.6. The van der Waals surface area contributed by atoms with E-state index >= 15 is 0 Å². The number of nitrogens with two attached hydrogens (primary N) is 1. The smallest absolute Gasteiger partial charge is 0.253 e. The number of anilines is 1. The molecule has 37 heavy (non-hydrogen) atoms. The number of nitrogens with zero attached hydrogens (tertiary/aromatic N) is 3. The van der Waals surface area contributed by atoms with Gasteiger partial charge in [-0.15, -0.1) is 0 Å². The van der Waals surface area contributed by atoms with Crippen molar-refractivity contribution in [1.29, 1.82) is 0 Å². The van der Waals surface area contributed by atoms with E-state index in [1.165, 1.54) is 0 Å². The van der Waals surface area contributed by atoms with E-state index in [4.69, 9.17) is 5.73 Å². The number of fused-ring (bicyclic) bond motifs is 1. The average Bonchev–Trinajstić information content (AvgIpc) is 3.09. The quantitative estimate of drug-likeness (QED) is 0.502. The third-order valence-corrected chi connectivity index (χ3v) is 7.06. The van der Waals surface area contributed by atoms with Gasteiger partial charge in [-0.1, -0.05) is 38.1 Å². The highest BCUT2D eigenvalue weighted by atomic mass is 16.2. The van der Waals surface area contributed by atoms with Crippen molar-refractivity contribution in [3.05, 3.63) is 65.2 Å². The lowest BCUT2D eigenvalue weighted by molar-refractivity contribution is -0.127. The summed E-state index contributed by atoms with van der Waals surface area (Å²) in [6.45, 7) is 7.99. The molecule has 2 amide bonds. The van der Waals surface area contributed by atoms with E-state index in [9.17, 15) is 9.59 Å². The number of nitrogens with one attached hydrogen (secondary N) is 1. The Morgan fingerprint density at radius 2 is 1.76 bits per heavy atom. The fourth-order valence-electron chi connectivity index (χ4n) is 5.06. The number of piperidine rings is 1. The van der Waals surface area contributed by atoms with Gasteiger partial charge in [-0.05, 0) is 61.9 Å². The highest BCUT2D eigenvalue weighted by molar-refractivity contribution is 6.06. The number of carbonyl (C=O) groups is 2. The summed E-state index contributed by atoms with van der Waals surface area (Å²) >= 11 is 0. The van der Waals surface area contributed by atoms with Gasteiger partial charge >= 0.3 is 0 Å². The van der Waals surface area contributed by atoms with Gasteiger partial charge in [-0.25, -0.2) is 4.99 Å². The predicted octanol–water partition coefficient (Wildman–Crippen LogP) is 5.08. The van der Waals surface area contributed by atoms with E-state index in [1.807, 2.05) is 52.3 Å². The summed E-state index contributed by atoms with van der Waals surface area (Å²) in [5, 5.41) is 3.50. The van der Waals surface area contributed by atoms with Crippen molar-refractivity contribution in [2.45, 2.75) is 46.0 Å². The molecule has 1 saturated heterocycles. The Hall–Kier alpha value is -3.61. The molecular weight excluding hydrogens is 462 g/mol. The van der Waals surface area contributed by atoms with Crippen LogP contribution < -0.4 is 11.1 Å². The minimum absolute atomic E-state index is 0.0134. The number of carbonyl (C=O) groups excluding carboxylic acids is 2. The zero-order chi connectivity index (χ0) is 26.2. The maximum atomic E-state index is 13.3. The largest absolute Gasteiger partial charge is 0.387 e. The molecule has 196 valence electrons. The Kier molecular flexibility index (Phi) is 8.99. The van der Waals surface area contributed by atoms with E-state index in [0.717, 1.165) is 69.7 Å². The van der Waals surface area contributed by atoms with Gasteiger partial charge in [0.15, 0.2) is 0 Å². The van der Waals surface area contributed by atoms with Crippen molar-refractivity contribution in [3.8, 4) is 0 Å². The Morgan fingerprint density at radius 1 is 1.05 bits per heavy atom. The first-order valence-electron chi connectivity index (χ1n) is 13.5. The minimum Gasteiger partial charge on any atom is -0.387 e. The standard InChI is InChI=1S/C30H39N5O2/c1-3-14-34(15-4-2)30(37)25-18-23-10-11-24(19-27(23)33-28(31)20-25)29(36)35-16-12-22(13-17-35)21-32-26-8-6-5-7-9-26/h5-11,18-19,22,32H,3-4,12-17,20-21H2,1-2H3,(H2,31,33). The number of hydrogen-bond acceptors (Lipinski definition) is 5. The maximum absolute atomic E-state index is 13.3. The van der Waals surface area contributed by atoms with E-state index < -0.39 is 0 Å². The highest BCUT2D eigenvalue weighted by Gasteiger charge is 2.25. The summed E-state index contributed by atoms with van der Waals surface area (Å²) in [6.07, 6.45) is 5.96. The van der Waals surface area contributed by atoms with Gasteiger partial charge in [-0.3, -0.25) is 9.59 Å². The van der Waals surface area contributed by atoms with Gasteiger partial charge in [0.05, 0.1) is 5.69 Å². The molecule has 0 saturated carbocycles. The lowest BCUT2D eigenvalue weighted by Crippen LogP contribution is -2.39.